The predicted octanol–water partition coefficient (Wildman–Crippen LogP) is 3.73. The van der Waals surface area contributed by atoms with E-state index in [1.165, 1.54) is 11.3 Å². The second-order valence-electron chi connectivity index (χ2n) is 6.75. The highest BCUT2D eigenvalue weighted by atomic mass is 32.1. The number of rotatable bonds is 6. The number of hydrogen-bond acceptors (Lipinski definition) is 6. The lowest BCUT2D eigenvalue weighted by Crippen LogP contribution is -2.30. The number of ether oxygens (including phenoxy) is 1. The molecule has 0 aliphatic heterocycles. The maximum absolute atomic E-state index is 12.7. The van der Waals surface area contributed by atoms with E-state index < -0.39 is 0 Å². The van der Waals surface area contributed by atoms with E-state index in [9.17, 15) is 9.59 Å². The van der Waals surface area contributed by atoms with Gasteiger partial charge in [-0.3, -0.25) is 14.9 Å². The van der Waals surface area contributed by atoms with Gasteiger partial charge >= 0.3 is 0 Å². The molecule has 0 saturated heterocycles. The molecule has 1 aliphatic rings. The molecule has 0 radical (unpaired) electrons. The van der Waals surface area contributed by atoms with E-state index in [1.54, 1.807) is 43.7 Å². The zero-order valence-electron chi connectivity index (χ0n) is 15.9. The molecule has 3 aromatic rings. The van der Waals surface area contributed by atoms with E-state index in [0.29, 0.717) is 28.7 Å². The lowest BCUT2D eigenvalue weighted by atomic mass is 9.90. The highest BCUT2D eigenvalue weighted by molar-refractivity contribution is 7.15. The molecule has 2 N–H and O–H groups in total. The first-order valence-corrected chi connectivity index (χ1v) is 10.2. The lowest BCUT2D eigenvalue weighted by Gasteiger charge is -2.20. The summed E-state index contributed by atoms with van der Waals surface area (Å²) in [6.07, 6.45) is 4.11. The van der Waals surface area contributed by atoms with Gasteiger partial charge in [-0.2, -0.15) is 0 Å². The smallest absolute Gasteiger partial charge is 0.257 e. The summed E-state index contributed by atoms with van der Waals surface area (Å²) in [4.78, 5) is 30.8. The fourth-order valence-electron chi connectivity index (χ4n) is 3.35. The predicted molar refractivity (Wildman–Crippen MR) is 109 cm³/mol. The highest BCUT2D eigenvalue weighted by Gasteiger charge is 2.30. The summed E-state index contributed by atoms with van der Waals surface area (Å²) in [7, 11) is 1.58. The number of aromatic nitrogens is 1. The van der Waals surface area contributed by atoms with E-state index in [4.69, 9.17) is 9.15 Å². The Morgan fingerprint density at radius 2 is 2.10 bits per heavy atom. The molecule has 2 heterocycles. The molecule has 1 aromatic carbocycles. The van der Waals surface area contributed by atoms with Gasteiger partial charge in [0.2, 0.25) is 5.91 Å². The normalized spacial score (nSPS) is 15.4. The Balaban J connectivity index is 1.44. The van der Waals surface area contributed by atoms with Crippen LogP contribution in [0.15, 0.2) is 47.1 Å². The summed E-state index contributed by atoms with van der Waals surface area (Å²) in [6.45, 7) is 0.350. The Hall–Kier alpha value is -3.13. The molecular weight excluding hydrogens is 390 g/mol. The van der Waals surface area contributed by atoms with Crippen LogP contribution in [0.1, 0.15) is 45.4 Å². The van der Waals surface area contributed by atoms with Gasteiger partial charge in [0.1, 0.15) is 11.5 Å². The Morgan fingerprint density at radius 1 is 1.28 bits per heavy atom. The molecule has 2 aromatic heterocycles. The topological polar surface area (TPSA) is 93.5 Å². The minimum atomic E-state index is -0.309. The maximum atomic E-state index is 12.7. The van der Waals surface area contributed by atoms with E-state index in [-0.39, 0.29) is 17.7 Å². The molecule has 4 rings (SSSR count). The SMILES string of the molecule is COc1ccc(C(=O)Nc2nc3c(s2)CCC[C@H]3C(=O)NCc2ccco2)cc1. The van der Waals surface area contributed by atoms with Crippen molar-refractivity contribution in [3.63, 3.8) is 0 Å². The Labute approximate surface area is 172 Å². The van der Waals surface area contributed by atoms with Crippen LogP contribution in [0.5, 0.6) is 5.75 Å². The van der Waals surface area contributed by atoms with E-state index in [2.05, 4.69) is 15.6 Å². The van der Waals surface area contributed by atoms with Crippen molar-refractivity contribution in [3.05, 3.63) is 64.6 Å². The van der Waals surface area contributed by atoms with Crippen molar-refractivity contribution < 1.29 is 18.7 Å². The van der Waals surface area contributed by atoms with Crippen LogP contribution in [-0.4, -0.2) is 23.9 Å². The van der Waals surface area contributed by atoms with Gasteiger partial charge in [-0.1, -0.05) is 0 Å². The first kappa shape index (κ1) is 19.2. The molecule has 1 aliphatic carbocycles. The number of anilines is 1. The number of fused-ring (bicyclic) bond motifs is 1. The lowest BCUT2D eigenvalue weighted by molar-refractivity contribution is -0.123. The molecular formula is C21H21N3O4S. The summed E-state index contributed by atoms with van der Waals surface area (Å²) >= 11 is 1.44. The number of carbonyl (C=O) groups is 2. The van der Waals surface area contributed by atoms with Gasteiger partial charge in [-0.25, -0.2) is 4.98 Å². The van der Waals surface area contributed by atoms with Gasteiger partial charge in [0, 0.05) is 10.4 Å². The van der Waals surface area contributed by atoms with Crippen molar-refractivity contribution in [2.24, 2.45) is 0 Å². The molecule has 0 bridgehead atoms. The monoisotopic (exact) mass is 411 g/mol. The van der Waals surface area contributed by atoms with Crippen LogP contribution in [0.2, 0.25) is 0 Å². The molecule has 0 spiro atoms. The summed E-state index contributed by atoms with van der Waals surface area (Å²) in [5, 5.41) is 6.28. The van der Waals surface area contributed by atoms with Crippen molar-refractivity contribution >= 4 is 28.3 Å². The van der Waals surface area contributed by atoms with Gasteiger partial charge in [-0.15, -0.1) is 11.3 Å². The number of furan rings is 1. The fraction of sp³-hybridized carbons (Fsp3) is 0.286. The van der Waals surface area contributed by atoms with Gasteiger partial charge in [-0.05, 0) is 55.7 Å². The van der Waals surface area contributed by atoms with Gasteiger partial charge < -0.3 is 14.5 Å². The largest absolute Gasteiger partial charge is 0.497 e. The van der Waals surface area contributed by atoms with Crippen LogP contribution in [0.4, 0.5) is 5.13 Å². The minimum Gasteiger partial charge on any atom is -0.497 e. The molecule has 29 heavy (non-hydrogen) atoms. The van der Waals surface area contributed by atoms with Gasteiger partial charge in [0.05, 0.1) is 31.5 Å². The maximum Gasteiger partial charge on any atom is 0.257 e. The summed E-state index contributed by atoms with van der Waals surface area (Å²) in [5.74, 6) is 0.782. The minimum absolute atomic E-state index is 0.0688. The number of methoxy groups -OCH3 is 1. The van der Waals surface area contributed by atoms with Crippen molar-refractivity contribution in [2.75, 3.05) is 12.4 Å². The number of hydrogen-bond donors (Lipinski definition) is 2. The molecule has 0 unspecified atom stereocenters. The van der Waals surface area contributed by atoms with Crippen LogP contribution in [0.3, 0.4) is 0 Å². The van der Waals surface area contributed by atoms with Crippen LogP contribution in [0, 0.1) is 0 Å². The van der Waals surface area contributed by atoms with Crippen molar-refractivity contribution in [1.82, 2.24) is 10.3 Å². The molecule has 7 nitrogen and oxygen atoms in total. The van der Waals surface area contributed by atoms with Crippen LogP contribution >= 0.6 is 11.3 Å². The third-order valence-electron chi connectivity index (χ3n) is 4.86. The molecule has 0 fully saturated rings. The summed E-state index contributed by atoms with van der Waals surface area (Å²) in [6, 6.07) is 10.5. The number of carbonyl (C=O) groups excluding carboxylic acids is 2. The molecule has 1 atom stereocenters. The molecule has 0 saturated carbocycles. The van der Waals surface area contributed by atoms with Crippen LogP contribution in [-0.2, 0) is 17.8 Å². The Morgan fingerprint density at radius 3 is 2.83 bits per heavy atom. The average molecular weight is 411 g/mol. The van der Waals surface area contributed by atoms with Gasteiger partial charge in [0.25, 0.3) is 5.91 Å². The molecule has 8 heteroatoms. The Kier molecular flexibility index (Phi) is 5.62. The third kappa shape index (κ3) is 4.32. The zero-order valence-corrected chi connectivity index (χ0v) is 16.8. The quantitative estimate of drug-likeness (QED) is 0.645. The fourth-order valence-corrected chi connectivity index (χ4v) is 4.41. The summed E-state index contributed by atoms with van der Waals surface area (Å²) < 4.78 is 10.4. The number of thiazole rings is 1. The van der Waals surface area contributed by atoms with Crippen LogP contribution in [0.25, 0.3) is 0 Å². The van der Waals surface area contributed by atoms with E-state index in [1.807, 2.05) is 6.07 Å². The number of aryl methyl sites for hydroxylation is 1. The van der Waals surface area contributed by atoms with Crippen molar-refractivity contribution in [3.8, 4) is 5.75 Å². The number of nitrogens with one attached hydrogen (secondary N) is 2. The van der Waals surface area contributed by atoms with E-state index >= 15 is 0 Å². The molecule has 150 valence electrons. The van der Waals surface area contributed by atoms with Crippen LogP contribution < -0.4 is 15.4 Å². The highest BCUT2D eigenvalue weighted by Crippen LogP contribution is 2.37. The Bertz CT molecular complexity index is 996. The standard InChI is InChI=1S/C21H21N3O4S/c1-27-14-9-7-13(8-10-14)19(25)24-21-23-18-16(5-2-6-17(18)29-21)20(26)22-12-15-4-3-11-28-15/h3-4,7-11,16H,2,5-6,12H2,1H3,(H,22,26)(H,23,24,25)/t16-/m1/s1. The molecule has 2 amide bonds. The first-order valence-electron chi connectivity index (χ1n) is 9.39. The number of benzene rings is 1. The first-order chi connectivity index (χ1) is 14.1. The summed E-state index contributed by atoms with van der Waals surface area (Å²) in [5.41, 5.74) is 1.29. The van der Waals surface area contributed by atoms with Crippen molar-refractivity contribution in [1.29, 1.82) is 0 Å². The number of nitrogens with zero attached hydrogens (tertiary/aromatic N) is 1. The average Bonchev–Trinajstić information content (AvgIpc) is 3.41. The zero-order chi connectivity index (χ0) is 20.2. The third-order valence-corrected chi connectivity index (χ3v) is 5.91. The van der Waals surface area contributed by atoms with E-state index in [0.717, 1.165) is 29.8 Å². The second kappa shape index (κ2) is 8.48. The van der Waals surface area contributed by atoms with Crippen molar-refractivity contribution in [2.45, 2.75) is 31.7 Å². The second-order valence-corrected chi connectivity index (χ2v) is 7.84. The van der Waals surface area contributed by atoms with Gasteiger partial charge in [0.15, 0.2) is 5.13 Å². The number of amides is 2.